The van der Waals surface area contributed by atoms with Crippen molar-refractivity contribution in [3.05, 3.63) is 30.1 Å². The number of benzene rings is 1. The van der Waals surface area contributed by atoms with Gasteiger partial charge < -0.3 is 4.90 Å². The lowest BCUT2D eigenvalue weighted by Gasteiger charge is -2.31. The summed E-state index contributed by atoms with van der Waals surface area (Å²) >= 11 is 0. The fourth-order valence-electron chi connectivity index (χ4n) is 2.10. The highest BCUT2D eigenvalue weighted by molar-refractivity contribution is 6.08. The molecule has 1 heterocycles. The van der Waals surface area contributed by atoms with E-state index < -0.39 is 11.8 Å². The Kier molecular flexibility index (Phi) is 3.57. The lowest BCUT2D eigenvalue weighted by Crippen LogP contribution is -2.49. The van der Waals surface area contributed by atoms with Crippen molar-refractivity contribution in [3.63, 3.8) is 0 Å². The second-order valence-electron chi connectivity index (χ2n) is 4.17. The van der Waals surface area contributed by atoms with Crippen molar-refractivity contribution in [2.75, 3.05) is 11.4 Å². The Bertz CT molecular complexity index is 461. The zero-order chi connectivity index (χ0) is 13.1. The van der Waals surface area contributed by atoms with E-state index in [1.807, 2.05) is 5.43 Å². The minimum absolute atomic E-state index is 0.296. The highest BCUT2D eigenvalue weighted by atomic mass is 19.1. The summed E-state index contributed by atoms with van der Waals surface area (Å²) in [6, 6.07) is 5.62. The number of hydrazine groups is 1. The first-order chi connectivity index (χ1) is 8.63. The number of anilines is 1. The van der Waals surface area contributed by atoms with Gasteiger partial charge in [0.25, 0.3) is 0 Å². The molecule has 0 radical (unpaired) electrons. The maximum Gasteiger partial charge on any atom is 0.246 e. The van der Waals surface area contributed by atoms with Gasteiger partial charge in [0.05, 0.1) is 0 Å². The van der Waals surface area contributed by atoms with Crippen LogP contribution in [-0.4, -0.2) is 18.4 Å². The summed E-state index contributed by atoms with van der Waals surface area (Å²) in [6.07, 6.45) is 1.20. The smallest absolute Gasteiger partial charge is 0.246 e. The highest BCUT2D eigenvalue weighted by Gasteiger charge is 2.34. The van der Waals surface area contributed by atoms with Crippen molar-refractivity contribution in [1.29, 1.82) is 0 Å². The first-order valence-corrected chi connectivity index (χ1v) is 5.71. The molecule has 1 aliphatic heterocycles. The molecule has 1 aromatic rings. The first kappa shape index (κ1) is 12.5. The van der Waals surface area contributed by atoms with Crippen LogP contribution in [0.4, 0.5) is 10.1 Å². The van der Waals surface area contributed by atoms with Gasteiger partial charge in [-0.25, -0.2) is 10.2 Å². The molecule has 0 spiro atoms. The fraction of sp³-hybridized carbons (Fsp3) is 0.333. The number of nitrogens with zero attached hydrogens (tertiary/aromatic N) is 1. The molecule has 0 bridgehead atoms. The molecule has 1 aliphatic rings. The molecule has 1 fully saturated rings. The maximum absolute atomic E-state index is 12.8. The van der Waals surface area contributed by atoms with E-state index in [9.17, 15) is 14.0 Å². The molecule has 0 aromatic heterocycles. The predicted molar refractivity (Wildman–Crippen MR) is 63.8 cm³/mol. The van der Waals surface area contributed by atoms with E-state index in [1.54, 1.807) is 0 Å². The summed E-state index contributed by atoms with van der Waals surface area (Å²) in [5.41, 5.74) is 2.59. The second kappa shape index (κ2) is 5.14. The molecule has 0 aliphatic carbocycles. The number of carbonyl (C=O) groups is 2. The van der Waals surface area contributed by atoms with Crippen molar-refractivity contribution in [2.24, 2.45) is 11.8 Å². The molecular formula is C12H14FN3O2. The van der Waals surface area contributed by atoms with E-state index in [2.05, 4.69) is 0 Å². The van der Waals surface area contributed by atoms with Gasteiger partial charge in [0.1, 0.15) is 11.7 Å². The van der Waals surface area contributed by atoms with Crippen LogP contribution in [-0.2, 0) is 9.59 Å². The van der Waals surface area contributed by atoms with Gasteiger partial charge in [0.15, 0.2) is 0 Å². The van der Waals surface area contributed by atoms with Crippen LogP contribution in [0.15, 0.2) is 24.3 Å². The molecule has 5 nitrogen and oxygen atoms in total. The topological polar surface area (TPSA) is 75.4 Å². The number of halogens is 1. The summed E-state index contributed by atoms with van der Waals surface area (Å²) < 4.78 is 12.8. The van der Waals surface area contributed by atoms with E-state index in [-0.39, 0.29) is 11.7 Å². The van der Waals surface area contributed by atoms with Crippen LogP contribution in [0.5, 0.6) is 0 Å². The second-order valence-corrected chi connectivity index (χ2v) is 4.17. The molecule has 0 saturated carbocycles. The quantitative estimate of drug-likeness (QED) is 0.349. The van der Waals surface area contributed by atoms with E-state index in [0.29, 0.717) is 25.1 Å². The predicted octanol–water partition coefficient (Wildman–Crippen LogP) is 0.559. The number of hydrogen-bond donors (Lipinski definition) is 2. The summed E-state index contributed by atoms with van der Waals surface area (Å²) in [5, 5.41) is 0. The number of piperidine rings is 1. The summed E-state index contributed by atoms with van der Waals surface area (Å²) in [5.74, 6) is 3.16. The van der Waals surface area contributed by atoms with Gasteiger partial charge in [-0.05, 0) is 37.1 Å². The number of carbonyl (C=O) groups excluding carboxylic acids is 2. The Morgan fingerprint density at radius 3 is 2.67 bits per heavy atom. The Labute approximate surface area is 104 Å². The van der Waals surface area contributed by atoms with Gasteiger partial charge >= 0.3 is 0 Å². The molecule has 1 atom stereocenters. The van der Waals surface area contributed by atoms with E-state index in [0.717, 1.165) is 0 Å². The van der Waals surface area contributed by atoms with E-state index >= 15 is 0 Å². The Balaban J connectivity index is 2.21. The van der Waals surface area contributed by atoms with Crippen molar-refractivity contribution < 1.29 is 14.0 Å². The number of nitrogens with two attached hydrogens (primary N) is 1. The third kappa shape index (κ3) is 2.33. The Hall–Kier alpha value is -1.95. The minimum Gasteiger partial charge on any atom is -0.312 e. The van der Waals surface area contributed by atoms with Gasteiger partial charge in [0.2, 0.25) is 11.8 Å². The monoisotopic (exact) mass is 251 g/mol. The molecule has 18 heavy (non-hydrogen) atoms. The lowest BCUT2D eigenvalue weighted by atomic mass is 9.96. The van der Waals surface area contributed by atoms with Crippen LogP contribution in [0.3, 0.4) is 0 Å². The van der Waals surface area contributed by atoms with Crippen LogP contribution in [0.1, 0.15) is 12.8 Å². The summed E-state index contributed by atoms with van der Waals surface area (Å²) in [4.78, 5) is 25.1. The van der Waals surface area contributed by atoms with Crippen molar-refractivity contribution in [3.8, 4) is 0 Å². The van der Waals surface area contributed by atoms with Crippen LogP contribution in [0.25, 0.3) is 0 Å². The molecule has 1 aromatic carbocycles. The molecule has 2 rings (SSSR count). The van der Waals surface area contributed by atoms with Crippen molar-refractivity contribution in [2.45, 2.75) is 12.8 Å². The fourth-order valence-corrected chi connectivity index (χ4v) is 2.10. The Morgan fingerprint density at radius 2 is 2.06 bits per heavy atom. The number of nitrogens with one attached hydrogen (secondary N) is 1. The molecule has 6 heteroatoms. The Morgan fingerprint density at radius 1 is 1.39 bits per heavy atom. The van der Waals surface area contributed by atoms with Gasteiger partial charge in [-0.2, -0.15) is 0 Å². The number of hydrogen-bond acceptors (Lipinski definition) is 3. The molecule has 96 valence electrons. The molecule has 1 saturated heterocycles. The summed E-state index contributed by atoms with van der Waals surface area (Å²) in [7, 11) is 0. The van der Waals surface area contributed by atoms with Crippen LogP contribution in [0, 0.1) is 11.7 Å². The maximum atomic E-state index is 12.8. The van der Waals surface area contributed by atoms with Crippen molar-refractivity contribution in [1.82, 2.24) is 5.43 Å². The highest BCUT2D eigenvalue weighted by Crippen LogP contribution is 2.24. The number of rotatable bonds is 2. The van der Waals surface area contributed by atoms with E-state index in [1.165, 1.54) is 29.2 Å². The minimum atomic E-state index is -0.756. The third-order valence-electron chi connectivity index (χ3n) is 3.04. The van der Waals surface area contributed by atoms with Crippen LogP contribution in [0.2, 0.25) is 0 Å². The molecular weight excluding hydrogens is 237 g/mol. The number of amides is 2. The van der Waals surface area contributed by atoms with Gasteiger partial charge in [-0.3, -0.25) is 15.0 Å². The summed E-state index contributed by atoms with van der Waals surface area (Å²) in [6.45, 7) is 0.527. The third-order valence-corrected chi connectivity index (χ3v) is 3.04. The first-order valence-electron chi connectivity index (χ1n) is 5.71. The van der Waals surface area contributed by atoms with Gasteiger partial charge in [-0.1, -0.05) is 0 Å². The zero-order valence-electron chi connectivity index (χ0n) is 9.73. The SMILES string of the molecule is NNC(=O)C1CCCN(c2ccc(F)cc2)C1=O. The normalized spacial score (nSPS) is 19.8. The van der Waals surface area contributed by atoms with E-state index in [4.69, 9.17) is 5.84 Å². The van der Waals surface area contributed by atoms with Gasteiger partial charge in [0, 0.05) is 12.2 Å². The lowest BCUT2D eigenvalue weighted by molar-refractivity contribution is -0.135. The average molecular weight is 251 g/mol. The van der Waals surface area contributed by atoms with Crippen LogP contribution >= 0.6 is 0 Å². The average Bonchev–Trinajstić information content (AvgIpc) is 2.39. The molecule has 3 N–H and O–H groups in total. The molecule has 2 amide bonds. The van der Waals surface area contributed by atoms with Crippen LogP contribution < -0.4 is 16.2 Å². The standard InChI is InChI=1S/C12H14FN3O2/c13-8-3-5-9(6-4-8)16-7-1-2-10(12(16)18)11(17)15-14/h3-6,10H,1-2,7,14H2,(H,15,17). The largest absolute Gasteiger partial charge is 0.312 e. The zero-order valence-corrected chi connectivity index (χ0v) is 9.73. The molecule has 1 unspecified atom stereocenters. The van der Waals surface area contributed by atoms with Gasteiger partial charge in [-0.15, -0.1) is 0 Å². The van der Waals surface area contributed by atoms with Crippen molar-refractivity contribution >= 4 is 17.5 Å².